The highest BCUT2D eigenvalue weighted by Gasteiger charge is 2.27. The smallest absolute Gasteiger partial charge is 0.344 e. The number of esters is 2. The van der Waals surface area contributed by atoms with Gasteiger partial charge in [-0.2, -0.15) is 0 Å². The van der Waals surface area contributed by atoms with Gasteiger partial charge in [0.2, 0.25) is 0 Å². The van der Waals surface area contributed by atoms with E-state index in [0.717, 1.165) is 0 Å². The number of aromatic nitrogens is 3. The summed E-state index contributed by atoms with van der Waals surface area (Å²) in [6.45, 7) is 5.76. The summed E-state index contributed by atoms with van der Waals surface area (Å²) >= 11 is 0. The molecule has 0 amide bonds. The molecular formula is C24H24N4O4. The van der Waals surface area contributed by atoms with Gasteiger partial charge in [0.1, 0.15) is 16.9 Å². The Labute approximate surface area is 185 Å². The number of hydrogen-bond donors (Lipinski definition) is 1. The third-order valence-corrected chi connectivity index (χ3v) is 5.20. The molecule has 0 unspecified atom stereocenters. The molecule has 0 aliphatic rings. The average molecular weight is 432 g/mol. The van der Waals surface area contributed by atoms with Crippen LogP contribution in [0.15, 0.2) is 48.5 Å². The predicted octanol–water partition coefficient (Wildman–Crippen LogP) is 4.29. The van der Waals surface area contributed by atoms with Gasteiger partial charge in [-0.25, -0.2) is 19.6 Å². The Bertz CT molecular complexity index is 1330. The van der Waals surface area contributed by atoms with Gasteiger partial charge in [0.05, 0.1) is 29.3 Å². The van der Waals surface area contributed by atoms with E-state index in [2.05, 4.69) is 4.98 Å². The molecule has 0 saturated heterocycles. The van der Waals surface area contributed by atoms with E-state index in [4.69, 9.17) is 20.2 Å². The van der Waals surface area contributed by atoms with Gasteiger partial charge < -0.3 is 15.2 Å². The number of hydrogen-bond acceptors (Lipinski definition) is 7. The first kappa shape index (κ1) is 21.3. The number of carbonyl (C=O) groups excluding carboxylic acids is 2. The number of nitrogens with zero attached hydrogens (tertiary/aromatic N) is 3. The van der Waals surface area contributed by atoms with Crippen molar-refractivity contribution in [2.45, 2.75) is 33.3 Å². The van der Waals surface area contributed by atoms with Gasteiger partial charge >= 0.3 is 11.9 Å². The van der Waals surface area contributed by atoms with Crippen molar-refractivity contribution in [2.75, 3.05) is 12.3 Å². The standard InChI is InChI=1S/C24H24N4O4/c1-4-14(3)32-24(30)19-20-22(27-18-12-7-6-11-17(18)26-20)28(21(19)25)16-10-8-9-15(13-16)23(29)31-5-2/h6-14H,4-5,25H2,1-3H3/t14-/m1/s1. The van der Waals surface area contributed by atoms with Gasteiger partial charge in [-0.1, -0.05) is 25.1 Å². The van der Waals surface area contributed by atoms with Crippen LogP contribution in [0.3, 0.4) is 0 Å². The molecule has 0 fully saturated rings. The Kier molecular flexibility index (Phi) is 5.77. The number of nitrogens with two attached hydrogens (primary N) is 1. The fraction of sp³-hybridized carbons (Fsp3) is 0.250. The Morgan fingerprint density at radius 3 is 2.44 bits per heavy atom. The SMILES string of the molecule is CCOC(=O)c1cccc(-n2c(N)c(C(=O)O[C@H](C)CC)c3nc4ccccc4nc32)c1. The number of anilines is 1. The molecule has 0 aliphatic carbocycles. The van der Waals surface area contributed by atoms with Crippen molar-refractivity contribution in [3.8, 4) is 5.69 Å². The third kappa shape index (κ3) is 3.75. The highest BCUT2D eigenvalue weighted by atomic mass is 16.5. The van der Waals surface area contributed by atoms with E-state index in [0.29, 0.717) is 39.9 Å². The number of rotatable bonds is 6. The van der Waals surface area contributed by atoms with Crippen LogP contribution >= 0.6 is 0 Å². The van der Waals surface area contributed by atoms with E-state index in [-0.39, 0.29) is 24.1 Å². The molecule has 0 radical (unpaired) electrons. The zero-order chi connectivity index (χ0) is 22.8. The quantitative estimate of drug-likeness (QED) is 0.453. The Hall–Kier alpha value is -3.94. The highest BCUT2D eigenvalue weighted by molar-refractivity contribution is 6.09. The second kappa shape index (κ2) is 8.66. The van der Waals surface area contributed by atoms with Crippen LogP contribution in [0.2, 0.25) is 0 Å². The molecule has 0 bridgehead atoms. The van der Waals surface area contributed by atoms with Gasteiger partial charge in [0, 0.05) is 5.69 Å². The summed E-state index contributed by atoms with van der Waals surface area (Å²) in [7, 11) is 0. The number of ether oxygens (including phenoxy) is 2. The van der Waals surface area contributed by atoms with Crippen molar-refractivity contribution < 1.29 is 19.1 Å². The third-order valence-electron chi connectivity index (χ3n) is 5.20. The molecule has 2 aromatic heterocycles. The molecule has 4 rings (SSSR count). The van der Waals surface area contributed by atoms with Crippen molar-refractivity contribution in [1.29, 1.82) is 0 Å². The summed E-state index contributed by atoms with van der Waals surface area (Å²) in [5, 5.41) is 0. The normalized spacial score (nSPS) is 12.1. The van der Waals surface area contributed by atoms with Crippen LogP contribution in [0.5, 0.6) is 0 Å². The van der Waals surface area contributed by atoms with Gasteiger partial charge in [-0.05, 0) is 50.6 Å². The molecule has 0 saturated carbocycles. The zero-order valence-electron chi connectivity index (χ0n) is 18.2. The van der Waals surface area contributed by atoms with Gasteiger partial charge in [-0.3, -0.25) is 4.57 Å². The minimum absolute atomic E-state index is 0.143. The second-order valence-electron chi connectivity index (χ2n) is 7.38. The molecule has 1 atom stereocenters. The summed E-state index contributed by atoms with van der Waals surface area (Å²) < 4.78 is 12.3. The van der Waals surface area contributed by atoms with E-state index < -0.39 is 11.9 Å². The minimum Gasteiger partial charge on any atom is -0.462 e. The van der Waals surface area contributed by atoms with Gasteiger partial charge in [0.15, 0.2) is 5.65 Å². The maximum atomic E-state index is 13.0. The highest BCUT2D eigenvalue weighted by Crippen LogP contribution is 2.32. The van der Waals surface area contributed by atoms with E-state index >= 15 is 0 Å². The van der Waals surface area contributed by atoms with E-state index in [1.807, 2.05) is 38.1 Å². The first-order chi connectivity index (χ1) is 15.4. The summed E-state index contributed by atoms with van der Waals surface area (Å²) in [5.41, 5.74) is 9.59. The number of carbonyl (C=O) groups is 2. The van der Waals surface area contributed by atoms with E-state index in [9.17, 15) is 9.59 Å². The Morgan fingerprint density at radius 2 is 1.75 bits per heavy atom. The van der Waals surface area contributed by atoms with Crippen LogP contribution in [0.1, 0.15) is 47.9 Å². The first-order valence-corrected chi connectivity index (χ1v) is 10.5. The second-order valence-corrected chi connectivity index (χ2v) is 7.38. The van der Waals surface area contributed by atoms with Gasteiger partial charge in [-0.15, -0.1) is 0 Å². The van der Waals surface area contributed by atoms with Crippen LogP contribution in [0.4, 0.5) is 5.82 Å². The Morgan fingerprint density at radius 1 is 1.03 bits per heavy atom. The lowest BCUT2D eigenvalue weighted by Gasteiger charge is -2.11. The largest absolute Gasteiger partial charge is 0.462 e. The molecule has 2 heterocycles. The molecule has 32 heavy (non-hydrogen) atoms. The van der Waals surface area contributed by atoms with Crippen LogP contribution in [0, 0.1) is 0 Å². The number of nitrogen functional groups attached to an aromatic ring is 1. The molecule has 2 aromatic carbocycles. The van der Waals surface area contributed by atoms with Crippen molar-refractivity contribution in [3.05, 3.63) is 59.7 Å². The van der Waals surface area contributed by atoms with Crippen LogP contribution in [-0.2, 0) is 9.47 Å². The first-order valence-electron chi connectivity index (χ1n) is 10.5. The lowest BCUT2D eigenvalue weighted by atomic mass is 10.2. The van der Waals surface area contributed by atoms with Crippen LogP contribution < -0.4 is 5.73 Å². The molecule has 8 heteroatoms. The predicted molar refractivity (Wildman–Crippen MR) is 122 cm³/mol. The number of benzene rings is 2. The molecular weight excluding hydrogens is 408 g/mol. The van der Waals surface area contributed by atoms with Gasteiger partial charge in [0.25, 0.3) is 0 Å². The summed E-state index contributed by atoms with van der Waals surface area (Å²) in [4.78, 5) is 34.7. The minimum atomic E-state index is -0.563. The Balaban J connectivity index is 1.97. The zero-order valence-corrected chi connectivity index (χ0v) is 18.2. The average Bonchev–Trinajstić information content (AvgIpc) is 3.08. The maximum Gasteiger partial charge on any atom is 0.344 e. The van der Waals surface area contributed by atoms with E-state index in [1.165, 1.54) is 0 Å². The summed E-state index contributed by atoms with van der Waals surface area (Å²) in [5.74, 6) is -0.867. The molecule has 2 N–H and O–H groups in total. The monoisotopic (exact) mass is 432 g/mol. The molecule has 8 nitrogen and oxygen atoms in total. The van der Waals surface area contributed by atoms with Crippen LogP contribution in [0.25, 0.3) is 27.9 Å². The lowest BCUT2D eigenvalue weighted by molar-refractivity contribution is 0.0337. The number of fused-ring (bicyclic) bond motifs is 2. The molecule has 0 aliphatic heterocycles. The fourth-order valence-electron chi connectivity index (χ4n) is 3.44. The molecule has 4 aromatic rings. The molecule has 164 valence electrons. The van der Waals surface area contributed by atoms with Crippen molar-refractivity contribution in [1.82, 2.24) is 14.5 Å². The summed E-state index contributed by atoms with van der Waals surface area (Å²) in [6, 6.07) is 14.2. The topological polar surface area (TPSA) is 109 Å². The lowest BCUT2D eigenvalue weighted by Crippen LogP contribution is -2.15. The van der Waals surface area contributed by atoms with Crippen LogP contribution in [-0.4, -0.2) is 39.2 Å². The molecule has 0 spiro atoms. The maximum absolute atomic E-state index is 13.0. The fourth-order valence-corrected chi connectivity index (χ4v) is 3.44. The number of para-hydroxylation sites is 2. The van der Waals surface area contributed by atoms with Crippen molar-refractivity contribution in [3.63, 3.8) is 0 Å². The van der Waals surface area contributed by atoms with E-state index in [1.54, 1.807) is 35.8 Å². The van der Waals surface area contributed by atoms with Crippen molar-refractivity contribution >= 4 is 40.0 Å². The summed E-state index contributed by atoms with van der Waals surface area (Å²) in [6.07, 6.45) is 0.390. The van der Waals surface area contributed by atoms with Crippen molar-refractivity contribution in [2.24, 2.45) is 0 Å².